The Labute approximate surface area is 106 Å². The zero-order valence-corrected chi connectivity index (χ0v) is 10.4. The van der Waals surface area contributed by atoms with Gasteiger partial charge in [-0.25, -0.2) is 4.39 Å². The number of rotatable bonds is 4. The third-order valence-corrected chi connectivity index (χ3v) is 3.05. The number of halogens is 1. The number of nitrogens with one attached hydrogen (secondary N) is 1. The molecule has 0 aromatic heterocycles. The predicted molar refractivity (Wildman–Crippen MR) is 67.3 cm³/mol. The van der Waals surface area contributed by atoms with E-state index in [4.69, 9.17) is 4.74 Å². The number of hydrogen-bond acceptors (Lipinski definition) is 3. The summed E-state index contributed by atoms with van der Waals surface area (Å²) in [6, 6.07) is 4.46. The van der Waals surface area contributed by atoms with Crippen LogP contribution in [0, 0.1) is 5.82 Å². The molecular formula is C13H17FN2O2. The molecule has 0 radical (unpaired) electrons. The van der Waals surface area contributed by atoms with Crippen molar-refractivity contribution in [2.75, 3.05) is 32.1 Å². The average Bonchev–Trinajstić information content (AvgIpc) is 2.91. The molecule has 1 aliphatic heterocycles. The Balaban J connectivity index is 1.91. The number of anilines is 1. The number of ether oxygens (including phenoxy) is 1. The molecule has 1 aromatic rings. The van der Waals surface area contributed by atoms with Crippen LogP contribution < -0.4 is 10.1 Å². The normalized spacial score (nSPS) is 14.7. The molecular weight excluding hydrogens is 235 g/mol. The Bertz CT molecular complexity index is 431. The number of carbonyl (C=O) groups excluding carboxylic acids is 1. The van der Waals surface area contributed by atoms with Gasteiger partial charge in [-0.05, 0) is 25.0 Å². The maximum Gasteiger partial charge on any atom is 0.241 e. The van der Waals surface area contributed by atoms with Gasteiger partial charge < -0.3 is 15.0 Å². The van der Waals surface area contributed by atoms with Crippen molar-refractivity contribution < 1.29 is 13.9 Å². The van der Waals surface area contributed by atoms with Crippen LogP contribution in [-0.2, 0) is 4.79 Å². The van der Waals surface area contributed by atoms with Crippen LogP contribution in [-0.4, -0.2) is 37.6 Å². The minimum absolute atomic E-state index is 0.0794. The number of benzene rings is 1. The molecule has 5 heteroatoms. The number of likely N-dealkylation sites (tertiary alicyclic amines) is 1. The molecule has 0 saturated carbocycles. The van der Waals surface area contributed by atoms with E-state index in [2.05, 4.69) is 5.32 Å². The third kappa shape index (κ3) is 2.91. The van der Waals surface area contributed by atoms with E-state index in [-0.39, 0.29) is 18.2 Å². The Morgan fingerprint density at radius 2 is 2.17 bits per heavy atom. The van der Waals surface area contributed by atoms with Crippen LogP contribution in [0.2, 0.25) is 0 Å². The molecule has 1 amide bonds. The van der Waals surface area contributed by atoms with Gasteiger partial charge in [-0.1, -0.05) is 0 Å². The topological polar surface area (TPSA) is 41.6 Å². The number of amides is 1. The molecule has 0 unspecified atom stereocenters. The van der Waals surface area contributed by atoms with Crippen LogP contribution in [0.25, 0.3) is 0 Å². The van der Waals surface area contributed by atoms with Gasteiger partial charge in [0.1, 0.15) is 0 Å². The molecule has 1 fully saturated rings. The lowest BCUT2D eigenvalue weighted by Crippen LogP contribution is -2.32. The van der Waals surface area contributed by atoms with Crippen molar-refractivity contribution in [2.45, 2.75) is 12.8 Å². The van der Waals surface area contributed by atoms with Gasteiger partial charge in [-0.15, -0.1) is 0 Å². The van der Waals surface area contributed by atoms with Crippen molar-refractivity contribution >= 4 is 11.6 Å². The van der Waals surface area contributed by atoms with Crippen LogP contribution in [0.15, 0.2) is 18.2 Å². The number of methoxy groups -OCH3 is 1. The van der Waals surface area contributed by atoms with Gasteiger partial charge in [0.2, 0.25) is 5.91 Å². The van der Waals surface area contributed by atoms with Crippen molar-refractivity contribution in [2.24, 2.45) is 0 Å². The highest BCUT2D eigenvalue weighted by Gasteiger charge is 2.17. The van der Waals surface area contributed by atoms with Gasteiger partial charge in [0, 0.05) is 24.8 Å². The van der Waals surface area contributed by atoms with Crippen molar-refractivity contribution in [1.29, 1.82) is 0 Å². The summed E-state index contributed by atoms with van der Waals surface area (Å²) in [7, 11) is 1.41. The minimum Gasteiger partial charge on any atom is -0.494 e. The molecule has 4 nitrogen and oxygen atoms in total. The van der Waals surface area contributed by atoms with Gasteiger partial charge in [0.15, 0.2) is 11.6 Å². The first-order valence-corrected chi connectivity index (χ1v) is 6.06. The van der Waals surface area contributed by atoms with E-state index >= 15 is 0 Å². The van der Waals surface area contributed by atoms with Crippen LogP contribution in [0.4, 0.5) is 10.1 Å². The summed E-state index contributed by atoms with van der Waals surface area (Å²) in [4.78, 5) is 13.6. The van der Waals surface area contributed by atoms with E-state index in [0.717, 1.165) is 25.9 Å². The summed E-state index contributed by atoms with van der Waals surface area (Å²) in [6.07, 6.45) is 2.16. The van der Waals surface area contributed by atoms with Crippen molar-refractivity contribution in [3.05, 3.63) is 24.0 Å². The minimum atomic E-state index is -0.408. The average molecular weight is 252 g/mol. The number of carbonyl (C=O) groups is 1. The second-order valence-corrected chi connectivity index (χ2v) is 4.29. The van der Waals surface area contributed by atoms with Gasteiger partial charge in [-0.2, -0.15) is 0 Å². The molecule has 0 aliphatic carbocycles. The van der Waals surface area contributed by atoms with Gasteiger partial charge in [-0.3, -0.25) is 4.79 Å². The predicted octanol–water partition coefficient (Wildman–Crippen LogP) is 1.87. The van der Waals surface area contributed by atoms with E-state index in [0.29, 0.717) is 5.69 Å². The van der Waals surface area contributed by atoms with E-state index in [1.165, 1.54) is 13.2 Å². The van der Waals surface area contributed by atoms with Crippen LogP contribution in [0.1, 0.15) is 12.8 Å². The van der Waals surface area contributed by atoms with E-state index < -0.39 is 5.82 Å². The summed E-state index contributed by atoms with van der Waals surface area (Å²) in [5, 5.41) is 2.99. The number of hydrogen-bond donors (Lipinski definition) is 1. The summed E-state index contributed by atoms with van der Waals surface area (Å²) in [5.41, 5.74) is 0.681. The molecule has 18 heavy (non-hydrogen) atoms. The van der Waals surface area contributed by atoms with E-state index in [1.54, 1.807) is 12.1 Å². The maximum atomic E-state index is 13.2. The molecule has 98 valence electrons. The summed E-state index contributed by atoms with van der Waals surface area (Å²) in [5.74, 6) is -0.154. The monoisotopic (exact) mass is 252 g/mol. The van der Waals surface area contributed by atoms with Crippen molar-refractivity contribution in [1.82, 2.24) is 4.90 Å². The largest absolute Gasteiger partial charge is 0.494 e. The standard InChI is InChI=1S/C13H17FN2O2/c1-18-12-8-10(4-5-11(12)14)15-9-13(17)16-6-2-3-7-16/h4-5,8,15H,2-3,6-7,9H2,1H3. The van der Waals surface area contributed by atoms with Gasteiger partial charge >= 0.3 is 0 Å². The van der Waals surface area contributed by atoms with Crippen molar-refractivity contribution in [3.63, 3.8) is 0 Å². The third-order valence-electron chi connectivity index (χ3n) is 3.05. The molecule has 1 aromatic carbocycles. The fourth-order valence-corrected chi connectivity index (χ4v) is 2.03. The first-order chi connectivity index (χ1) is 8.70. The SMILES string of the molecule is COc1cc(NCC(=O)N2CCCC2)ccc1F. The quantitative estimate of drug-likeness (QED) is 0.889. The van der Waals surface area contributed by atoms with Crippen LogP contribution >= 0.6 is 0 Å². The molecule has 0 bridgehead atoms. The molecule has 2 rings (SSSR count). The van der Waals surface area contributed by atoms with E-state index in [1.807, 2.05) is 4.90 Å². The van der Waals surface area contributed by atoms with Crippen molar-refractivity contribution in [3.8, 4) is 5.75 Å². The second kappa shape index (κ2) is 5.71. The lowest BCUT2D eigenvalue weighted by Gasteiger charge is -2.16. The lowest BCUT2D eigenvalue weighted by atomic mass is 10.3. The Morgan fingerprint density at radius 1 is 1.44 bits per heavy atom. The van der Waals surface area contributed by atoms with E-state index in [9.17, 15) is 9.18 Å². The Kier molecular flexibility index (Phi) is 4.02. The fourth-order valence-electron chi connectivity index (χ4n) is 2.03. The van der Waals surface area contributed by atoms with Gasteiger partial charge in [0.05, 0.1) is 13.7 Å². The molecule has 1 heterocycles. The first-order valence-electron chi connectivity index (χ1n) is 6.06. The van der Waals surface area contributed by atoms with Crippen LogP contribution in [0.5, 0.6) is 5.75 Å². The highest BCUT2D eigenvalue weighted by molar-refractivity contribution is 5.81. The summed E-state index contributed by atoms with van der Waals surface area (Å²) >= 11 is 0. The second-order valence-electron chi connectivity index (χ2n) is 4.29. The zero-order chi connectivity index (χ0) is 13.0. The first kappa shape index (κ1) is 12.7. The molecule has 0 atom stereocenters. The maximum absolute atomic E-state index is 13.2. The molecule has 0 spiro atoms. The Morgan fingerprint density at radius 3 is 2.83 bits per heavy atom. The summed E-state index contributed by atoms with van der Waals surface area (Å²) < 4.78 is 18.1. The highest BCUT2D eigenvalue weighted by atomic mass is 19.1. The van der Waals surface area contributed by atoms with Gasteiger partial charge in [0.25, 0.3) is 0 Å². The molecule has 1 saturated heterocycles. The number of nitrogens with zero attached hydrogens (tertiary/aromatic N) is 1. The highest BCUT2D eigenvalue weighted by Crippen LogP contribution is 2.21. The smallest absolute Gasteiger partial charge is 0.241 e. The molecule has 1 aliphatic rings. The Hall–Kier alpha value is -1.78. The molecule has 1 N–H and O–H groups in total. The van der Waals surface area contributed by atoms with Crippen LogP contribution in [0.3, 0.4) is 0 Å². The fraction of sp³-hybridized carbons (Fsp3) is 0.462. The zero-order valence-electron chi connectivity index (χ0n) is 10.4. The summed E-state index contributed by atoms with van der Waals surface area (Å²) in [6.45, 7) is 1.91. The lowest BCUT2D eigenvalue weighted by molar-refractivity contribution is -0.128.